The highest BCUT2D eigenvalue weighted by molar-refractivity contribution is 5.85. The van der Waals surface area contributed by atoms with Gasteiger partial charge < -0.3 is 5.11 Å². The summed E-state index contributed by atoms with van der Waals surface area (Å²) < 4.78 is 35.7. The van der Waals surface area contributed by atoms with Crippen molar-refractivity contribution in [1.29, 1.82) is 0 Å². The second-order valence-electron chi connectivity index (χ2n) is 2.69. The molecule has 1 aliphatic rings. The first-order valence-electron chi connectivity index (χ1n) is 3.50. The highest BCUT2D eigenvalue weighted by Crippen LogP contribution is 2.24. The van der Waals surface area contributed by atoms with Crippen LogP contribution in [0.3, 0.4) is 0 Å². The summed E-state index contributed by atoms with van der Waals surface area (Å²) in [6, 6.07) is 0. The van der Waals surface area contributed by atoms with Crippen LogP contribution in [0, 0.1) is 0 Å². The number of halogens is 4. The molecule has 6 heteroatoms. The highest BCUT2D eigenvalue weighted by Gasteiger charge is 2.38. The van der Waals surface area contributed by atoms with E-state index in [1.165, 1.54) is 0 Å². The van der Waals surface area contributed by atoms with Crippen LogP contribution in [-0.2, 0) is 0 Å². The summed E-state index contributed by atoms with van der Waals surface area (Å²) in [4.78, 5) is 0.430. The predicted octanol–water partition coefficient (Wildman–Crippen LogP) is 1.38. The summed E-state index contributed by atoms with van der Waals surface area (Å²) in [5.41, 5.74) is 0. The van der Waals surface area contributed by atoms with E-state index in [0.29, 0.717) is 4.90 Å². The molecule has 1 aliphatic heterocycles. The Morgan fingerprint density at radius 3 is 1.92 bits per heavy atom. The van der Waals surface area contributed by atoms with Gasteiger partial charge in [-0.1, -0.05) is 0 Å². The van der Waals surface area contributed by atoms with Crippen molar-refractivity contribution in [3.05, 3.63) is 0 Å². The van der Waals surface area contributed by atoms with Gasteiger partial charge in [0.1, 0.15) is 0 Å². The van der Waals surface area contributed by atoms with Crippen molar-refractivity contribution in [3.63, 3.8) is 0 Å². The molecule has 0 spiro atoms. The molecule has 1 fully saturated rings. The first-order valence-corrected chi connectivity index (χ1v) is 3.50. The van der Waals surface area contributed by atoms with E-state index in [4.69, 9.17) is 5.11 Å². The quantitative estimate of drug-likeness (QED) is 0.604. The molecule has 0 aliphatic carbocycles. The van der Waals surface area contributed by atoms with Gasteiger partial charge in [-0.15, -0.1) is 12.4 Å². The van der Waals surface area contributed by atoms with Gasteiger partial charge in [-0.3, -0.25) is 0 Å². The fraction of sp³-hybridized carbons (Fsp3) is 1.00. The Morgan fingerprint density at radius 1 is 1.17 bits per heavy atom. The average molecular weight is 206 g/mol. The van der Waals surface area contributed by atoms with E-state index < -0.39 is 12.4 Å². The molecule has 1 N–H and O–H groups in total. The van der Waals surface area contributed by atoms with Gasteiger partial charge in [0.2, 0.25) is 0 Å². The van der Waals surface area contributed by atoms with Crippen molar-refractivity contribution in [2.75, 3.05) is 13.1 Å². The smallest absolute Gasteiger partial charge is 0.393 e. The Hall–Kier alpha value is -0.0000000000000000555. The first kappa shape index (κ1) is 12.0. The first-order chi connectivity index (χ1) is 5.00. The molecule has 0 aromatic heterocycles. The number of likely N-dealkylation sites (tertiary alicyclic amines) is 1. The van der Waals surface area contributed by atoms with Gasteiger partial charge in [-0.2, -0.15) is 13.2 Å². The van der Waals surface area contributed by atoms with E-state index in [0.717, 1.165) is 0 Å². The number of piperidine rings is 1. The van der Waals surface area contributed by atoms with Gasteiger partial charge >= 0.3 is 6.30 Å². The monoisotopic (exact) mass is 205 g/mol. The maximum absolute atomic E-state index is 11.9. The van der Waals surface area contributed by atoms with Crippen molar-refractivity contribution in [2.24, 2.45) is 0 Å². The molecule has 1 saturated heterocycles. The van der Waals surface area contributed by atoms with Gasteiger partial charge in [-0.05, 0) is 12.8 Å². The molecule has 0 unspecified atom stereocenters. The van der Waals surface area contributed by atoms with Crippen molar-refractivity contribution < 1.29 is 18.3 Å². The van der Waals surface area contributed by atoms with Gasteiger partial charge in [0.05, 0.1) is 6.10 Å². The van der Waals surface area contributed by atoms with E-state index in [2.05, 4.69) is 0 Å². The zero-order valence-corrected chi connectivity index (χ0v) is 7.16. The molecular formula is C6H11ClF3NO. The van der Waals surface area contributed by atoms with Gasteiger partial charge in [0, 0.05) is 13.1 Å². The normalized spacial score (nSPS) is 22.0. The topological polar surface area (TPSA) is 23.5 Å². The Labute approximate surface area is 74.8 Å². The molecule has 0 amide bonds. The number of rotatable bonds is 0. The fourth-order valence-corrected chi connectivity index (χ4v) is 1.12. The SMILES string of the molecule is Cl.OC1CCN(C(F)(F)F)CC1. The lowest BCUT2D eigenvalue weighted by Gasteiger charge is -2.30. The van der Waals surface area contributed by atoms with Crippen LogP contribution in [0.25, 0.3) is 0 Å². The number of alkyl halides is 3. The third-order valence-corrected chi connectivity index (χ3v) is 1.82. The maximum atomic E-state index is 11.9. The minimum absolute atomic E-state index is 0. The van der Waals surface area contributed by atoms with Crippen LogP contribution >= 0.6 is 12.4 Å². The van der Waals surface area contributed by atoms with Crippen LogP contribution in [0.5, 0.6) is 0 Å². The average Bonchev–Trinajstić information content (AvgIpc) is 1.86. The largest absolute Gasteiger partial charge is 0.459 e. The van der Waals surface area contributed by atoms with Crippen molar-refractivity contribution in [1.82, 2.24) is 4.90 Å². The zero-order valence-electron chi connectivity index (χ0n) is 6.34. The summed E-state index contributed by atoms with van der Waals surface area (Å²) >= 11 is 0. The number of aliphatic hydroxyl groups is 1. The van der Waals surface area contributed by atoms with E-state index >= 15 is 0 Å². The van der Waals surface area contributed by atoms with Gasteiger partial charge in [0.25, 0.3) is 0 Å². The molecule has 0 aromatic carbocycles. The van der Waals surface area contributed by atoms with Crippen LogP contribution in [0.15, 0.2) is 0 Å². The number of hydrogen-bond acceptors (Lipinski definition) is 2. The zero-order chi connectivity index (χ0) is 8.48. The van der Waals surface area contributed by atoms with E-state index in [1.807, 2.05) is 0 Å². The Balaban J connectivity index is 0.00000121. The predicted molar refractivity (Wildman–Crippen MR) is 40.1 cm³/mol. The van der Waals surface area contributed by atoms with Gasteiger partial charge in [0.15, 0.2) is 0 Å². The Bertz CT molecular complexity index is 133. The summed E-state index contributed by atoms with van der Waals surface area (Å²) in [7, 11) is 0. The fourth-order valence-electron chi connectivity index (χ4n) is 1.12. The van der Waals surface area contributed by atoms with E-state index in [-0.39, 0.29) is 38.3 Å². The molecule has 2 nitrogen and oxygen atoms in total. The Kier molecular flexibility index (Phi) is 4.30. The molecule has 1 rings (SSSR count). The molecule has 74 valence electrons. The van der Waals surface area contributed by atoms with Crippen LogP contribution in [-0.4, -0.2) is 35.5 Å². The minimum Gasteiger partial charge on any atom is -0.393 e. The number of nitrogens with zero attached hydrogens (tertiary/aromatic N) is 1. The van der Waals surface area contributed by atoms with Crippen molar-refractivity contribution in [2.45, 2.75) is 25.2 Å². The van der Waals surface area contributed by atoms with Crippen molar-refractivity contribution in [3.8, 4) is 0 Å². The lowest BCUT2D eigenvalue weighted by Crippen LogP contribution is -2.44. The summed E-state index contributed by atoms with van der Waals surface area (Å²) in [6.45, 7) is -0.157. The Morgan fingerprint density at radius 2 is 1.58 bits per heavy atom. The van der Waals surface area contributed by atoms with Gasteiger partial charge in [-0.25, -0.2) is 4.90 Å². The number of hydrogen-bond donors (Lipinski definition) is 1. The standard InChI is InChI=1S/C6H10F3NO.ClH/c7-6(8,9)10-3-1-5(11)2-4-10;/h5,11H,1-4H2;1H. The summed E-state index contributed by atoms with van der Waals surface area (Å²) in [5, 5.41) is 8.90. The third kappa shape index (κ3) is 3.16. The molecule has 1 heterocycles. The molecule has 0 bridgehead atoms. The van der Waals surface area contributed by atoms with E-state index in [9.17, 15) is 13.2 Å². The highest BCUT2D eigenvalue weighted by atomic mass is 35.5. The molecular weight excluding hydrogens is 195 g/mol. The maximum Gasteiger partial charge on any atom is 0.459 e. The lowest BCUT2D eigenvalue weighted by molar-refractivity contribution is -0.253. The molecule has 0 radical (unpaired) electrons. The van der Waals surface area contributed by atoms with Crippen LogP contribution in [0.1, 0.15) is 12.8 Å². The lowest BCUT2D eigenvalue weighted by atomic mass is 10.1. The molecule has 0 aromatic rings. The number of aliphatic hydroxyl groups excluding tert-OH is 1. The molecule has 0 atom stereocenters. The molecule has 12 heavy (non-hydrogen) atoms. The summed E-state index contributed by atoms with van der Waals surface area (Å²) in [5.74, 6) is 0. The van der Waals surface area contributed by atoms with Crippen LogP contribution in [0.4, 0.5) is 13.2 Å². The second kappa shape index (κ2) is 4.30. The third-order valence-electron chi connectivity index (χ3n) is 1.82. The van der Waals surface area contributed by atoms with E-state index in [1.54, 1.807) is 0 Å². The van der Waals surface area contributed by atoms with Crippen LogP contribution in [0.2, 0.25) is 0 Å². The van der Waals surface area contributed by atoms with Crippen molar-refractivity contribution >= 4 is 12.4 Å². The van der Waals surface area contributed by atoms with Crippen LogP contribution < -0.4 is 0 Å². The second-order valence-corrected chi connectivity index (χ2v) is 2.69. The molecule has 0 saturated carbocycles. The summed E-state index contributed by atoms with van der Waals surface area (Å²) in [6.07, 6.45) is -4.33. The minimum atomic E-state index is -4.22.